The number of nitrogens with one attached hydrogen (secondary N) is 1. The van der Waals surface area contributed by atoms with Gasteiger partial charge in [-0.15, -0.1) is 10.2 Å². The number of alkyl halides is 2. The van der Waals surface area contributed by atoms with Crippen molar-refractivity contribution in [3.05, 3.63) is 46.2 Å². The molecule has 0 spiro atoms. The molecule has 0 aliphatic heterocycles. The van der Waals surface area contributed by atoms with Crippen LogP contribution >= 0.6 is 36.0 Å². The molecule has 1 atom stereocenters. The molecule has 1 aliphatic carbocycles. The van der Waals surface area contributed by atoms with E-state index in [9.17, 15) is 13.6 Å². The predicted molar refractivity (Wildman–Crippen MR) is 195 cm³/mol. The van der Waals surface area contributed by atoms with E-state index in [4.69, 9.17) is 14.6 Å². The molecule has 1 saturated carbocycles. The van der Waals surface area contributed by atoms with Crippen molar-refractivity contribution >= 4 is 47.6 Å². The summed E-state index contributed by atoms with van der Waals surface area (Å²) in [6.45, 7) is 5.83. The fraction of sp³-hybridized carbons (Fsp3) is 0.636. The van der Waals surface area contributed by atoms with Crippen molar-refractivity contribution in [2.45, 2.75) is 64.8 Å². The average molecular weight is 762 g/mol. The molecule has 1 amide bonds. The number of anilines is 1. The molecule has 9 nitrogen and oxygen atoms in total. The molecular weight excluding hydrogens is 710 g/mol. The van der Waals surface area contributed by atoms with E-state index < -0.39 is 31.9 Å². The lowest BCUT2D eigenvalue weighted by atomic mass is 9.77. The maximum absolute atomic E-state index is 14.2. The van der Waals surface area contributed by atoms with Gasteiger partial charge in [-0.05, 0) is 104 Å². The molecule has 1 unspecified atom stereocenters. The van der Waals surface area contributed by atoms with Crippen LogP contribution in [0.1, 0.15) is 48.8 Å². The van der Waals surface area contributed by atoms with E-state index in [0.717, 1.165) is 34.0 Å². The van der Waals surface area contributed by atoms with Gasteiger partial charge < -0.3 is 14.8 Å². The Hall–Kier alpha value is -2.00. The second-order valence-corrected chi connectivity index (χ2v) is 24.1. The van der Waals surface area contributed by atoms with Crippen LogP contribution in [0.15, 0.2) is 29.0 Å². The molecule has 2 heterocycles. The minimum atomic E-state index is -2.72. The first-order chi connectivity index (χ1) is 21.9. The van der Waals surface area contributed by atoms with Crippen LogP contribution in [0.25, 0.3) is 11.1 Å². The Kier molecular flexibility index (Phi) is 12.6. The lowest BCUT2D eigenvalue weighted by Gasteiger charge is -2.32. The zero-order chi connectivity index (χ0) is 34.6. The van der Waals surface area contributed by atoms with Gasteiger partial charge >= 0.3 is 0 Å². The number of hydrogen-bond donors (Lipinski definition) is 1. The molecule has 0 saturated heterocycles. The van der Waals surface area contributed by atoms with Gasteiger partial charge in [0.1, 0.15) is 25.2 Å². The number of rotatable bonds is 15. The number of amides is 1. The van der Waals surface area contributed by atoms with Crippen molar-refractivity contribution < 1.29 is 23.0 Å². The van der Waals surface area contributed by atoms with Gasteiger partial charge in [0.05, 0.1) is 18.9 Å². The number of aromatic nitrogens is 5. The van der Waals surface area contributed by atoms with Crippen molar-refractivity contribution in [3.63, 3.8) is 0 Å². The van der Waals surface area contributed by atoms with Gasteiger partial charge in [-0.1, -0.05) is 12.1 Å². The number of hydrogen-bond acceptors (Lipinski definition) is 6. The first-order valence-corrected chi connectivity index (χ1v) is 22.7. The SMILES string of the molecule is Cc1nn(COCCS(C)(C)C)c(C)c1-c1ccc(NC(=O)C(c2nnc(Br)n2COCCS(C)(C)C)C2CCC(F)(F)CC2)cc1. The van der Waals surface area contributed by atoms with E-state index in [1.54, 1.807) is 4.57 Å². The van der Waals surface area contributed by atoms with Crippen LogP contribution in [0.5, 0.6) is 0 Å². The number of halogens is 3. The molecule has 47 heavy (non-hydrogen) atoms. The van der Waals surface area contributed by atoms with Crippen LogP contribution in [0, 0.1) is 19.8 Å². The molecule has 1 fully saturated rings. The van der Waals surface area contributed by atoms with Crippen LogP contribution in [0.2, 0.25) is 0 Å². The van der Waals surface area contributed by atoms with Crippen LogP contribution in [-0.4, -0.2) is 98.6 Å². The maximum atomic E-state index is 14.2. The standard InChI is InChI=1S/C33H51BrF2N6O3S2/c1-23-28(24(2)42(40-23)22-45-18-20-47(6,7)8)25-9-11-27(12-10-25)37-31(43)29(26-13-15-33(35,36)16-14-26)30-38-39-32(34)41(30)21-44-17-19-46(3,4)5/h9-12,26,29H,13-22H2,1-8H3,(H,37,43). The third kappa shape index (κ3) is 10.7. The van der Waals surface area contributed by atoms with Gasteiger partial charge in [-0.3, -0.25) is 9.36 Å². The van der Waals surface area contributed by atoms with Gasteiger partial charge in [-0.2, -0.15) is 5.10 Å². The Balaban J connectivity index is 1.50. The zero-order valence-electron chi connectivity index (χ0n) is 28.9. The third-order valence-electron chi connectivity index (χ3n) is 8.46. The van der Waals surface area contributed by atoms with Gasteiger partial charge in [0.25, 0.3) is 0 Å². The summed E-state index contributed by atoms with van der Waals surface area (Å²) in [7, 11) is -1.35. The summed E-state index contributed by atoms with van der Waals surface area (Å²) >= 11 is 3.45. The van der Waals surface area contributed by atoms with Gasteiger partial charge in [0, 0.05) is 41.3 Å². The molecule has 1 N–H and O–H groups in total. The largest absolute Gasteiger partial charge is 0.360 e. The first-order valence-electron chi connectivity index (χ1n) is 15.8. The van der Waals surface area contributed by atoms with Crippen LogP contribution in [-0.2, 0) is 27.7 Å². The molecular formula is C33H51BrF2N6O3S2. The number of benzene rings is 1. The monoisotopic (exact) mass is 760 g/mol. The molecule has 0 bridgehead atoms. The zero-order valence-corrected chi connectivity index (χ0v) is 32.2. The van der Waals surface area contributed by atoms with E-state index in [1.165, 1.54) is 0 Å². The molecule has 3 aromatic rings. The summed E-state index contributed by atoms with van der Waals surface area (Å²) in [5.41, 5.74) is 4.52. The van der Waals surface area contributed by atoms with E-state index in [0.29, 0.717) is 36.2 Å². The molecule has 14 heteroatoms. The van der Waals surface area contributed by atoms with E-state index >= 15 is 0 Å². The second-order valence-electron chi connectivity index (χ2n) is 14.2. The number of ether oxygens (including phenoxy) is 2. The Morgan fingerprint density at radius 3 is 2.13 bits per heavy atom. The number of nitrogens with zero attached hydrogens (tertiary/aromatic N) is 5. The van der Waals surface area contributed by atoms with Crippen LogP contribution < -0.4 is 5.32 Å². The summed E-state index contributed by atoms with van der Waals surface area (Å²) in [5, 5.41) is 16.3. The third-order valence-corrected chi connectivity index (χ3v) is 11.8. The van der Waals surface area contributed by atoms with Gasteiger partial charge in [-0.25, -0.2) is 33.5 Å². The lowest BCUT2D eigenvalue weighted by molar-refractivity contribution is -0.120. The fourth-order valence-corrected chi connectivity index (χ4v) is 7.29. The Labute approximate surface area is 289 Å². The minimum Gasteiger partial charge on any atom is -0.360 e. The highest BCUT2D eigenvalue weighted by Crippen LogP contribution is 2.43. The molecule has 1 aliphatic rings. The van der Waals surface area contributed by atoms with E-state index in [1.807, 2.05) is 42.8 Å². The number of carbonyl (C=O) groups excluding carboxylic acids is 1. The average Bonchev–Trinajstić information content (AvgIpc) is 3.47. The maximum Gasteiger partial charge on any atom is 0.248 e. The van der Waals surface area contributed by atoms with Crippen molar-refractivity contribution in [1.82, 2.24) is 24.5 Å². The van der Waals surface area contributed by atoms with Crippen molar-refractivity contribution in [1.29, 1.82) is 0 Å². The van der Waals surface area contributed by atoms with Crippen LogP contribution in [0.3, 0.4) is 0 Å². The highest BCUT2D eigenvalue weighted by molar-refractivity contribution is 9.10. The van der Waals surface area contributed by atoms with E-state index in [-0.39, 0.29) is 44.2 Å². The van der Waals surface area contributed by atoms with Crippen molar-refractivity contribution in [3.8, 4) is 11.1 Å². The quantitative estimate of drug-likeness (QED) is 0.162. The summed E-state index contributed by atoms with van der Waals surface area (Å²) in [6, 6.07) is 7.63. The summed E-state index contributed by atoms with van der Waals surface area (Å²) in [4.78, 5) is 14.0. The Bertz CT molecular complexity index is 1490. The lowest BCUT2D eigenvalue weighted by Crippen LogP contribution is -2.35. The Morgan fingerprint density at radius 2 is 1.55 bits per heavy atom. The summed E-state index contributed by atoms with van der Waals surface area (Å²) in [6.07, 6.45) is 13.4. The van der Waals surface area contributed by atoms with Gasteiger partial charge in [0.15, 0.2) is 0 Å². The van der Waals surface area contributed by atoms with E-state index in [2.05, 4.69) is 69.0 Å². The fourth-order valence-electron chi connectivity index (χ4n) is 5.69. The predicted octanol–water partition coefficient (Wildman–Crippen LogP) is 7.40. The van der Waals surface area contributed by atoms with Crippen LogP contribution in [0.4, 0.5) is 14.5 Å². The highest BCUT2D eigenvalue weighted by atomic mass is 79.9. The summed E-state index contributed by atoms with van der Waals surface area (Å²) in [5.74, 6) is -1.72. The summed E-state index contributed by atoms with van der Waals surface area (Å²) < 4.78 is 44.3. The van der Waals surface area contributed by atoms with Gasteiger partial charge in [0.2, 0.25) is 16.6 Å². The van der Waals surface area contributed by atoms with Crippen molar-refractivity contribution in [2.24, 2.45) is 5.92 Å². The smallest absolute Gasteiger partial charge is 0.248 e. The molecule has 264 valence electrons. The first kappa shape index (κ1) is 37.8. The Morgan fingerprint density at radius 1 is 0.979 bits per heavy atom. The molecule has 1 aromatic carbocycles. The molecule has 2 aromatic heterocycles. The number of carbonyl (C=O) groups is 1. The normalized spacial score (nSPS) is 17.1. The number of aryl methyl sites for hydroxylation is 1. The second kappa shape index (κ2) is 15.7. The highest BCUT2D eigenvalue weighted by Gasteiger charge is 2.42. The molecule has 4 rings (SSSR count). The van der Waals surface area contributed by atoms with Crippen molar-refractivity contribution in [2.75, 3.05) is 67.6 Å². The molecule has 0 radical (unpaired) electrons. The minimum absolute atomic E-state index is 0.162. The topological polar surface area (TPSA) is 96.1 Å².